The Kier molecular flexibility index (Phi) is 4.08. The van der Waals surface area contributed by atoms with E-state index in [2.05, 4.69) is 0 Å². The second kappa shape index (κ2) is 6.44. The fraction of sp³-hybridized carbons (Fsp3) is 0.364. The molecule has 6 nitrogen and oxygen atoms in total. The molecule has 2 fully saturated rings. The summed E-state index contributed by atoms with van der Waals surface area (Å²) in [5.74, 6) is -1.16. The van der Waals surface area contributed by atoms with Gasteiger partial charge in [0.15, 0.2) is 0 Å². The summed E-state index contributed by atoms with van der Waals surface area (Å²) in [5.41, 5.74) is 2.55. The third-order valence-corrected chi connectivity index (χ3v) is 6.86. The SMILES string of the molecule is CC1=C2B(O)O[C@H](c3ccc(O)c4ccccc34)C[C@H]2[C@H]2C(=O)N(C)C(=O)[C@H]2C1. The third-order valence-electron chi connectivity index (χ3n) is 6.86. The van der Waals surface area contributed by atoms with Gasteiger partial charge in [-0.05, 0) is 48.2 Å². The van der Waals surface area contributed by atoms with Gasteiger partial charge in [-0.2, -0.15) is 0 Å². The van der Waals surface area contributed by atoms with Gasteiger partial charge in [0, 0.05) is 12.4 Å². The first-order valence-corrected chi connectivity index (χ1v) is 9.93. The predicted molar refractivity (Wildman–Crippen MR) is 108 cm³/mol. The first-order valence-electron chi connectivity index (χ1n) is 9.93. The van der Waals surface area contributed by atoms with Gasteiger partial charge in [0.25, 0.3) is 0 Å². The Balaban J connectivity index is 1.59. The van der Waals surface area contributed by atoms with Crippen molar-refractivity contribution >= 4 is 29.7 Å². The quantitative estimate of drug-likeness (QED) is 0.577. The second-order valence-corrected chi connectivity index (χ2v) is 8.35. The van der Waals surface area contributed by atoms with E-state index < -0.39 is 19.1 Å². The Bertz CT molecular complexity index is 1080. The maximum atomic E-state index is 12.8. The number of nitrogens with zero attached hydrogens (tertiary/aromatic N) is 1. The summed E-state index contributed by atoms with van der Waals surface area (Å²) >= 11 is 0. The number of hydrogen-bond donors (Lipinski definition) is 2. The summed E-state index contributed by atoms with van der Waals surface area (Å²) < 4.78 is 6.00. The fourth-order valence-electron chi connectivity index (χ4n) is 5.50. The van der Waals surface area contributed by atoms with Crippen molar-refractivity contribution in [3.05, 3.63) is 53.0 Å². The molecule has 0 bridgehead atoms. The van der Waals surface area contributed by atoms with E-state index in [0.717, 1.165) is 22.0 Å². The summed E-state index contributed by atoms with van der Waals surface area (Å²) in [6.45, 7) is 1.91. The number of carbonyl (C=O) groups excluding carboxylic acids is 2. The molecule has 0 unspecified atom stereocenters. The summed E-state index contributed by atoms with van der Waals surface area (Å²) in [6.07, 6.45) is 0.551. The molecule has 7 heteroatoms. The molecule has 2 saturated heterocycles. The highest BCUT2D eigenvalue weighted by Crippen LogP contribution is 2.51. The lowest BCUT2D eigenvalue weighted by Crippen LogP contribution is -2.44. The number of amides is 2. The minimum Gasteiger partial charge on any atom is -0.507 e. The van der Waals surface area contributed by atoms with Crippen LogP contribution in [0.5, 0.6) is 5.75 Å². The number of phenolic OH excluding ortho intramolecular Hbond substituents is 1. The lowest BCUT2D eigenvalue weighted by Gasteiger charge is -2.41. The van der Waals surface area contributed by atoms with Crippen LogP contribution in [0.15, 0.2) is 47.4 Å². The molecule has 5 rings (SSSR count). The largest absolute Gasteiger partial charge is 0.507 e. The average Bonchev–Trinajstić information content (AvgIpc) is 2.92. The minimum atomic E-state index is -1.11. The Morgan fingerprint density at radius 3 is 2.55 bits per heavy atom. The predicted octanol–water partition coefficient (Wildman–Crippen LogP) is 2.59. The van der Waals surface area contributed by atoms with Crippen LogP contribution in [0.2, 0.25) is 0 Å². The monoisotopic (exact) mass is 391 g/mol. The molecule has 2 aromatic rings. The van der Waals surface area contributed by atoms with Crippen LogP contribution in [-0.4, -0.2) is 41.0 Å². The highest BCUT2D eigenvalue weighted by molar-refractivity contribution is 6.53. The van der Waals surface area contributed by atoms with E-state index in [0.29, 0.717) is 18.2 Å². The van der Waals surface area contributed by atoms with Gasteiger partial charge in [-0.15, -0.1) is 0 Å². The zero-order valence-electron chi connectivity index (χ0n) is 16.3. The van der Waals surface area contributed by atoms with Crippen molar-refractivity contribution in [3.63, 3.8) is 0 Å². The molecule has 3 aliphatic rings. The van der Waals surface area contributed by atoms with Crippen molar-refractivity contribution in [1.29, 1.82) is 0 Å². The van der Waals surface area contributed by atoms with Crippen molar-refractivity contribution in [2.24, 2.45) is 17.8 Å². The molecule has 0 saturated carbocycles. The number of benzene rings is 2. The highest BCUT2D eigenvalue weighted by Gasteiger charge is 2.56. The lowest BCUT2D eigenvalue weighted by molar-refractivity contribution is -0.138. The maximum absolute atomic E-state index is 12.8. The molecule has 2 amide bonds. The number of carbonyl (C=O) groups is 2. The summed E-state index contributed by atoms with van der Waals surface area (Å²) in [7, 11) is 0.430. The molecule has 2 heterocycles. The number of imide groups is 1. The zero-order valence-corrected chi connectivity index (χ0v) is 16.3. The van der Waals surface area contributed by atoms with Crippen LogP contribution >= 0.6 is 0 Å². The number of allylic oxidation sites excluding steroid dienone is 2. The maximum Gasteiger partial charge on any atom is 0.487 e. The third kappa shape index (κ3) is 2.57. The number of rotatable bonds is 1. The first-order chi connectivity index (χ1) is 13.9. The smallest absolute Gasteiger partial charge is 0.487 e. The van der Waals surface area contributed by atoms with E-state index in [1.807, 2.05) is 37.3 Å². The highest BCUT2D eigenvalue weighted by atomic mass is 16.5. The standard InChI is InChI=1S/C22H22BNO5/c1-11-9-16-19(22(27)24(2)21(16)26)15-10-18(29-23(28)20(11)15)14-7-8-17(25)13-6-4-3-5-12(13)14/h3-8,15-16,18-19,25,28H,9-10H2,1-2H3/t15-,16-,18-,19+/m0/s1. The van der Waals surface area contributed by atoms with Crippen LogP contribution in [0.25, 0.3) is 10.8 Å². The fourth-order valence-corrected chi connectivity index (χ4v) is 5.50. The Morgan fingerprint density at radius 2 is 1.79 bits per heavy atom. The van der Waals surface area contributed by atoms with E-state index in [9.17, 15) is 19.7 Å². The van der Waals surface area contributed by atoms with Gasteiger partial charge in [-0.1, -0.05) is 35.9 Å². The van der Waals surface area contributed by atoms with Gasteiger partial charge in [-0.3, -0.25) is 14.5 Å². The summed E-state index contributed by atoms with van der Waals surface area (Å²) in [5, 5.41) is 22.6. The average molecular weight is 391 g/mol. The molecular weight excluding hydrogens is 369 g/mol. The van der Waals surface area contributed by atoms with Crippen LogP contribution < -0.4 is 0 Å². The number of fused-ring (bicyclic) bond motifs is 4. The number of likely N-dealkylation sites (tertiary alicyclic amines) is 1. The van der Waals surface area contributed by atoms with Crippen LogP contribution in [0.4, 0.5) is 0 Å². The van der Waals surface area contributed by atoms with Crippen molar-refractivity contribution in [1.82, 2.24) is 4.90 Å². The van der Waals surface area contributed by atoms with Crippen molar-refractivity contribution in [3.8, 4) is 5.75 Å². The molecule has 29 heavy (non-hydrogen) atoms. The summed E-state index contributed by atoms with van der Waals surface area (Å²) in [4.78, 5) is 26.7. The van der Waals surface area contributed by atoms with E-state index in [-0.39, 0.29) is 29.4 Å². The number of hydrogen-bond acceptors (Lipinski definition) is 5. The zero-order chi connectivity index (χ0) is 20.4. The van der Waals surface area contributed by atoms with Gasteiger partial charge < -0.3 is 14.8 Å². The molecule has 2 aromatic carbocycles. The normalized spacial score (nSPS) is 29.5. The van der Waals surface area contributed by atoms with Crippen molar-refractivity contribution in [2.75, 3.05) is 7.05 Å². The van der Waals surface area contributed by atoms with E-state index in [1.54, 1.807) is 13.1 Å². The molecule has 148 valence electrons. The molecule has 0 aromatic heterocycles. The van der Waals surface area contributed by atoms with Gasteiger partial charge >= 0.3 is 7.12 Å². The van der Waals surface area contributed by atoms with E-state index >= 15 is 0 Å². The molecule has 1 aliphatic carbocycles. The van der Waals surface area contributed by atoms with Gasteiger partial charge in [0.05, 0.1) is 17.9 Å². The van der Waals surface area contributed by atoms with E-state index in [4.69, 9.17) is 4.65 Å². The van der Waals surface area contributed by atoms with Crippen LogP contribution in [0.1, 0.15) is 31.4 Å². The molecule has 0 spiro atoms. The molecule has 4 atom stereocenters. The number of aromatic hydroxyl groups is 1. The Morgan fingerprint density at radius 1 is 1.07 bits per heavy atom. The van der Waals surface area contributed by atoms with Crippen molar-refractivity contribution in [2.45, 2.75) is 25.9 Å². The second-order valence-electron chi connectivity index (χ2n) is 8.35. The minimum absolute atomic E-state index is 0.133. The summed E-state index contributed by atoms with van der Waals surface area (Å²) in [6, 6.07) is 10.9. The van der Waals surface area contributed by atoms with Crippen LogP contribution in [0.3, 0.4) is 0 Å². The Hall–Kier alpha value is -2.64. The molecule has 0 radical (unpaired) electrons. The van der Waals surface area contributed by atoms with Gasteiger partial charge in [0.1, 0.15) is 5.75 Å². The Labute approximate surface area is 168 Å². The topological polar surface area (TPSA) is 87.1 Å². The lowest BCUT2D eigenvalue weighted by atomic mass is 9.55. The number of phenols is 1. The van der Waals surface area contributed by atoms with E-state index in [1.165, 1.54) is 4.90 Å². The molecule has 2 aliphatic heterocycles. The molecular formula is C22H22BNO5. The van der Waals surface area contributed by atoms with Gasteiger partial charge in [0.2, 0.25) is 11.8 Å². The van der Waals surface area contributed by atoms with Gasteiger partial charge in [-0.25, -0.2) is 0 Å². The van der Waals surface area contributed by atoms with Crippen LogP contribution in [0, 0.1) is 17.8 Å². The first kappa shape index (κ1) is 18.4. The van der Waals surface area contributed by atoms with Crippen molar-refractivity contribution < 1.29 is 24.4 Å². The molecule has 2 N–H and O–H groups in total. The van der Waals surface area contributed by atoms with Crippen LogP contribution in [-0.2, 0) is 14.2 Å².